The molecule has 1 N–H and O–H groups in total. The smallest absolute Gasteiger partial charge is 0.0821 e. The van der Waals surface area contributed by atoms with E-state index in [1.165, 1.54) is 16.7 Å². The lowest BCUT2D eigenvalue weighted by atomic mass is 9.98. The van der Waals surface area contributed by atoms with Crippen molar-refractivity contribution in [1.29, 1.82) is 0 Å². The molecule has 0 radical (unpaired) electrons. The van der Waals surface area contributed by atoms with Gasteiger partial charge in [0.25, 0.3) is 0 Å². The van der Waals surface area contributed by atoms with E-state index in [9.17, 15) is 0 Å². The Kier molecular flexibility index (Phi) is 5.10. The molecule has 1 heterocycles. The quantitative estimate of drug-likeness (QED) is 0.904. The van der Waals surface area contributed by atoms with Crippen molar-refractivity contribution < 1.29 is 4.74 Å². The summed E-state index contributed by atoms with van der Waals surface area (Å²) in [5.74, 6) is 2.24. The van der Waals surface area contributed by atoms with Crippen LogP contribution in [0.4, 0.5) is 0 Å². The topological polar surface area (TPSA) is 21.3 Å². The van der Waals surface area contributed by atoms with Crippen LogP contribution in [0.25, 0.3) is 0 Å². The fourth-order valence-corrected chi connectivity index (χ4v) is 3.28. The molecule has 1 aromatic carbocycles. The van der Waals surface area contributed by atoms with Gasteiger partial charge in [0, 0.05) is 17.5 Å². The van der Waals surface area contributed by atoms with Gasteiger partial charge in [0.05, 0.1) is 12.7 Å². The predicted molar refractivity (Wildman–Crippen MR) is 79.5 cm³/mol. The summed E-state index contributed by atoms with van der Waals surface area (Å²) in [7, 11) is 2.04. The van der Waals surface area contributed by atoms with Gasteiger partial charge in [0.15, 0.2) is 0 Å². The minimum absolute atomic E-state index is 0.343. The Bertz CT molecular complexity index is 388. The second kappa shape index (κ2) is 6.60. The summed E-state index contributed by atoms with van der Waals surface area (Å²) in [6, 6.07) is 7.17. The van der Waals surface area contributed by atoms with Gasteiger partial charge in [-0.15, -0.1) is 0 Å². The first kappa shape index (κ1) is 13.9. The molecule has 2 unspecified atom stereocenters. The van der Waals surface area contributed by atoms with Crippen molar-refractivity contribution in [3.8, 4) is 0 Å². The summed E-state index contributed by atoms with van der Waals surface area (Å²) in [5, 5.41) is 3.42. The number of hydrogen-bond acceptors (Lipinski definition) is 3. The van der Waals surface area contributed by atoms with Crippen molar-refractivity contribution >= 4 is 11.8 Å². The number of aryl methyl sites for hydroxylation is 2. The van der Waals surface area contributed by atoms with Crippen LogP contribution >= 0.6 is 11.8 Å². The number of thioether (sulfide) groups is 1. The van der Waals surface area contributed by atoms with Crippen LogP contribution in [0.2, 0.25) is 0 Å². The molecule has 0 saturated carbocycles. The molecule has 18 heavy (non-hydrogen) atoms. The van der Waals surface area contributed by atoms with Gasteiger partial charge in [-0.05, 0) is 44.0 Å². The Morgan fingerprint density at radius 2 is 2.22 bits per heavy atom. The molecule has 2 rings (SSSR count). The van der Waals surface area contributed by atoms with Crippen molar-refractivity contribution in [1.82, 2.24) is 5.32 Å². The Hall–Kier alpha value is -0.510. The van der Waals surface area contributed by atoms with E-state index in [1.54, 1.807) is 0 Å². The van der Waals surface area contributed by atoms with E-state index in [0.29, 0.717) is 12.1 Å². The molecule has 1 aliphatic heterocycles. The molecular weight excluding hydrogens is 242 g/mol. The van der Waals surface area contributed by atoms with E-state index in [-0.39, 0.29) is 0 Å². The Morgan fingerprint density at radius 3 is 2.83 bits per heavy atom. The van der Waals surface area contributed by atoms with Crippen LogP contribution in [0, 0.1) is 13.8 Å². The Balaban J connectivity index is 2.02. The van der Waals surface area contributed by atoms with Crippen LogP contribution in [-0.2, 0) is 11.2 Å². The maximum Gasteiger partial charge on any atom is 0.0821 e. The fraction of sp³-hybridized carbons (Fsp3) is 0.600. The Morgan fingerprint density at radius 1 is 1.39 bits per heavy atom. The van der Waals surface area contributed by atoms with E-state index >= 15 is 0 Å². The summed E-state index contributed by atoms with van der Waals surface area (Å²) >= 11 is 2.00. The molecule has 3 heteroatoms. The molecule has 0 spiro atoms. The van der Waals surface area contributed by atoms with E-state index in [4.69, 9.17) is 4.74 Å². The first-order valence-electron chi connectivity index (χ1n) is 6.63. The minimum Gasteiger partial charge on any atom is -0.375 e. The van der Waals surface area contributed by atoms with Crippen LogP contribution < -0.4 is 5.32 Å². The minimum atomic E-state index is 0.343. The highest BCUT2D eigenvalue weighted by Gasteiger charge is 2.23. The molecule has 0 bridgehead atoms. The maximum absolute atomic E-state index is 5.87. The van der Waals surface area contributed by atoms with Crippen molar-refractivity contribution in [3.63, 3.8) is 0 Å². The molecule has 1 aliphatic rings. The molecular formula is C15H23NOS. The number of nitrogens with one attached hydrogen (secondary N) is 1. The van der Waals surface area contributed by atoms with Gasteiger partial charge in [-0.25, -0.2) is 0 Å². The second-order valence-electron chi connectivity index (χ2n) is 5.00. The van der Waals surface area contributed by atoms with E-state index < -0.39 is 0 Å². The zero-order valence-electron chi connectivity index (χ0n) is 11.5. The van der Waals surface area contributed by atoms with Gasteiger partial charge < -0.3 is 10.1 Å². The molecule has 2 atom stereocenters. The number of benzene rings is 1. The van der Waals surface area contributed by atoms with Gasteiger partial charge >= 0.3 is 0 Å². The zero-order valence-corrected chi connectivity index (χ0v) is 12.3. The second-order valence-corrected chi connectivity index (χ2v) is 6.15. The third kappa shape index (κ3) is 3.50. The fourth-order valence-electron chi connectivity index (χ4n) is 2.34. The molecule has 2 nitrogen and oxygen atoms in total. The lowest BCUT2D eigenvalue weighted by Gasteiger charge is -2.30. The summed E-state index contributed by atoms with van der Waals surface area (Å²) in [6.45, 7) is 5.23. The molecule has 0 amide bonds. The molecule has 1 aromatic rings. The van der Waals surface area contributed by atoms with Crippen molar-refractivity contribution in [2.75, 3.05) is 25.2 Å². The van der Waals surface area contributed by atoms with Crippen LogP contribution in [0.15, 0.2) is 18.2 Å². The number of rotatable bonds is 4. The summed E-state index contributed by atoms with van der Waals surface area (Å²) < 4.78 is 5.87. The first-order valence-corrected chi connectivity index (χ1v) is 7.79. The van der Waals surface area contributed by atoms with Gasteiger partial charge in [-0.1, -0.05) is 18.2 Å². The summed E-state index contributed by atoms with van der Waals surface area (Å²) in [5.41, 5.74) is 4.14. The van der Waals surface area contributed by atoms with Crippen molar-refractivity contribution in [2.24, 2.45) is 0 Å². The summed E-state index contributed by atoms with van der Waals surface area (Å²) in [6.07, 6.45) is 1.39. The summed E-state index contributed by atoms with van der Waals surface area (Å²) in [4.78, 5) is 0. The van der Waals surface area contributed by atoms with Gasteiger partial charge in [0.1, 0.15) is 0 Å². The molecule has 0 aliphatic carbocycles. The van der Waals surface area contributed by atoms with Crippen LogP contribution in [0.5, 0.6) is 0 Å². The van der Waals surface area contributed by atoms with Crippen molar-refractivity contribution in [2.45, 2.75) is 32.4 Å². The average Bonchev–Trinajstić information content (AvgIpc) is 2.41. The van der Waals surface area contributed by atoms with Gasteiger partial charge in [0.2, 0.25) is 0 Å². The highest BCUT2D eigenvalue weighted by Crippen LogP contribution is 2.19. The van der Waals surface area contributed by atoms with Crippen LogP contribution in [-0.4, -0.2) is 37.3 Å². The molecule has 100 valence electrons. The number of hydrogen-bond donors (Lipinski definition) is 1. The normalized spacial score (nSPS) is 21.8. The largest absolute Gasteiger partial charge is 0.375 e. The third-order valence-electron chi connectivity index (χ3n) is 3.69. The molecule has 0 aromatic heterocycles. The van der Waals surface area contributed by atoms with Gasteiger partial charge in [-0.3, -0.25) is 0 Å². The lowest BCUT2D eigenvalue weighted by Crippen LogP contribution is -2.44. The monoisotopic (exact) mass is 265 g/mol. The SMILES string of the molecule is CNC(Cc1ccc(C)c(C)c1)C1CSCCO1. The van der Waals surface area contributed by atoms with Gasteiger partial charge in [-0.2, -0.15) is 11.8 Å². The number of ether oxygens (including phenoxy) is 1. The van der Waals surface area contributed by atoms with Crippen molar-refractivity contribution in [3.05, 3.63) is 34.9 Å². The van der Waals surface area contributed by atoms with E-state index in [0.717, 1.165) is 24.5 Å². The molecule has 1 fully saturated rings. The number of likely N-dealkylation sites (N-methyl/N-ethyl adjacent to an activating group) is 1. The maximum atomic E-state index is 5.87. The standard InChI is InChI=1S/C15H23NOS/c1-11-4-5-13(8-12(11)2)9-14(16-3)15-10-18-7-6-17-15/h4-5,8,14-16H,6-7,9-10H2,1-3H3. The highest BCUT2D eigenvalue weighted by atomic mass is 32.2. The van der Waals surface area contributed by atoms with Crippen LogP contribution in [0.1, 0.15) is 16.7 Å². The zero-order chi connectivity index (χ0) is 13.0. The third-order valence-corrected chi connectivity index (χ3v) is 4.71. The average molecular weight is 265 g/mol. The molecule has 1 saturated heterocycles. The predicted octanol–water partition coefficient (Wildman–Crippen LogP) is 2.57. The Labute approximate surface area is 114 Å². The van der Waals surface area contributed by atoms with E-state index in [1.807, 2.05) is 18.8 Å². The van der Waals surface area contributed by atoms with Crippen LogP contribution in [0.3, 0.4) is 0 Å². The highest BCUT2D eigenvalue weighted by molar-refractivity contribution is 7.99. The lowest BCUT2D eigenvalue weighted by molar-refractivity contribution is 0.0492. The van der Waals surface area contributed by atoms with E-state index in [2.05, 4.69) is 37.4 Å². The first-order chi connectivity index (χ1) is 8.70.